The minimum Gasteiger partial charge on any atom is -0.489 e. The van der Waals surface area contributed by atoms with Crippen LogP contribution in [0.15, 0.2) is 42.5 Å². The van der Waals surface area contributed by atoms with E-state index in [1.165, 1.54) is 12.1 Å². The molecule has 2 rings (SSSR count). The average molecular weight is 248 g/mol. The van der Waals surface area contributed by atoms with Crippen molar-refractivity contribution in [1.82, 2.24) is 0 Å². The van der Waals surface area contributed by atoms with Crippen LogP contribution in [-0.4, -0.2) is 6.29 Å². The highest BCUT2D eigenvalue weighted by Gasteiger charge is 2.02. The topological polar surface area (TPSA) is 26.3 Å². The fourth-order valence-electron chi connectivity index (χ4n) is 1.50. The number of carbonyl (C=O) groups excluding carboxylic acids is 1. The molecule has 2 aromatic rings. The lowest BCUT2D eigenvalue weighted by Crippen LogP contribution is -1.97. The smallest absolute Gasteiger partial charge is 0.150 e. The summed E-state index contributed by atoms with van der Waals surface area (Å²) in [5, 5.41) is 0. The summed E-state index contributed by atoms with van der Waals surface area (Å²) in [6.45, 7) is 0.0646. The van der Waals surface area contributed by atoms with Gasteiger partial charge in [0.25, 0.3) is 0 Å². The summed E-state index contributed by atoms with van der Waals surface area (Å²) >= 11 is 0. The maximum atomic E-state index is 12.9. The summed E-state index contributed by atoms with van der Waals surface area (Å²) in [4.78, 5) is 10.4. The number of ether oxygens (including phenoxy) is 1. The summed E-state index contributed by atoms with van der Waals surface area (Å²) < 4.78 is 31.2. The van der Waals surface area contributed by atoms with Crippen molar-refractivity contribution in [3.05, 3.63) is 65.2 Å². The van der Waals surface area contributed by atoms with E-state index in [0.717, 1.165) is 12.4 Å². The van der Waals surface area contributed by atoms with Gasteiger partial charge >= 0.3 is 0 Å². The van der Waals surface area contributed by atoms with E-state index in [4.69, 9.17) is 4.74 Å². The molecule has 0 bridgehead atoms. The molecule has 0 N–H and O–H groups in total. The lowest BCUT2D eigenvalue weighted by molar-refractivity contribution is 0.112. The van der Waals surface area contributed by atoms with Gasteiger partial charge in [0.2, 0.25) is 0 Å². The number of rotatable bonds is 4. The largest absolute Gasteiger partial charge is 0.489 e. The molecule has 0 amide bonds. The minimum absolute atomic E-state index is 0.0646. The molecule has 0 fully saturated rings. The van der Waals surface area contributed by atoms with Gasteiger partial charge in [-0.3, -0.25) is 4.79 Å². The number of hydrogen-bond acceptors (Lipinski definition) is 2. The van der Waals surface area contributed by atoms with Crippen molar-refractivity contribution in [1.29, 1.82) is 0 Å². The Labute approximate surface area is 103 Å². The van der Waals surface area contributed by atoms with Crippen molar-refractivity contribution in [3.8, 4) is 5.75 Å². The second kappa shape index (κ2) is 5.40. The molecule has 0 spiro atoms. The van der Waals surface area contributed by atoms with E-state index in [1.54, 1.807) is 24.3 Å². The first-order valence-corrected chi connectivity index (χ1v) is 5.30. The maximum absolute atomic E-state index is 12.9. The predicted octanol–water partition coefficient (Wildman–Crippen LogP) is 3.36. The Hall–Kier alpha value is -2.23. The Morgan fingerprint density at radius 1 is 1.00 bits per heavy atom. The summed E-state index contributed by atoms with van der Waals surface area (Å²) in [5.41, 5.74) is 0.950. The predicted molar refractivity (Wildman–Crippen MR) is 62.5 cm³/mol. The Morgan fingerprint density at radius 3 is 2.17 bits per heavy atom. The number of benzene rings is 2. The van der Waals surface area contributed by atoms with Crippen molar-refractivity contribution >= 4 is 6.29 Å². The SMILES string of the molecule is O=Cc1ccc(OCc2cc(F)cc(F)c2)cc1. The normalized spacial score (nSPS) is 10.1. The number of hydrogen-bond donors (Lipinski definition) is 0. The number of halogens is 2. The molecule has 4 heteroatoms. The molecule has 0 saturated carbocycles. The van der Waals surface area contributed by atoms with Crippen molar-refractivity contribution < 1.29 is 18.3 Å². The van der Waals surface area contributed by atoms with E-state index in [9.17, 15) is 13.6 Å². The molecule has 0 saturated heterocycles. The first kappa shape index (κ1) is 12.2. The third kappa shape index (κ3) is 3.13. The van der Waals surface area contributed by atoms with Gasteiger partial charge in [0, 0.05) is 11.6 Å². The van der Waals surface area contributed by atoms with Crippen LogP contribution >= 0.6 is 0 Å². The van der Waals surface area contributed by atoms with Gasteiger partial charge < -0.3 is 4.74 Å². The molecule has 0 aromatic heterocycles. The molecule has 0 aliphatic carbocycles. The quantitative estimate of drug-likeness (QED) is 0.775. The van der Waals surface area contributed by atoms with E-state index in [0.29, 0.717) is 16.9 Å². The molecule has 0 radical (unpaired) electrons. The van der Waals surface area contributed by atoms with Crippen molar-refractivity contribution in [2.75, 3.05) is 0 Å². The van der Waals surface area contributed by atoms with Gasteiger partial charge in [0.15, 0.2) is 0 Å². The van der Waals surface area contributed by atoms with Crippen molar-refractivity contribution in [3.63, 3.8) is 0 Å². The third-order valence-electron chi connectivity index (χ3n) is 2.34. The average Bonchev–Trinajstić information content (AvgIpc) is 2.36. The summed E-state index contributed by atoms with van der Waals surface area (Å²) in [6, 6.07) is 9.69. The molecule has 0 atom stereocenters. The highest BCUT2D eigenvalue weighted by molar-refractivity contribution is 5.74. The Kier molecular flexibility index (Phi) is 3.67. The molecule has 0 heterocycles. The third-order valence-corrected chi connectivity index (χ3v) is 2.34. The molecule has 2 nitrogen and oxygen atoms in total. The highest BCUT2D eigenvalue weighted by atomic mass is 19.1. The van der Waals surface area contributed by atoms with Crippen molar-refractivity contribution in [2.24, 2.45) is 0 Å². The zero-order valence-electron chi connectivity index (χ0n) is 9.40. The summed E-state index contributed by atoms with van der Waals surface area (Å²) in [7, 11) is 0. The monoisotopic (exact) mass is 248 g/mol. The standard InChI is InChI=1S/C14H10F2O2/c15-12-5-11(6-13(16)7-12)9-18-14-3-1-10(8-17)2-4-14/h1-8H,9H2. The number of aldehydes is 1. The van der Waals surface area contributed by atoms with Gasteiger partial charge in [-0.05, 0) is 42.0 Å². The number of carbonyl (C=O) groups is 1. The molecule has 0 aliphatic rings. The molecular formula is C14H10F2O2. The first-order chi connectivity index (χ1) is 8.67. The lowest BCUT2D eigenvalue weighted by atomic mass is 10.2. The minimum atomic E-state index is -0.634. The van der Waals surface area contributed by atoms with Gasteiger partial charge in [-0.2, -0.15) is 0 Å². The van der Waals surface area contributed by atoms with E-state index in [2.05, 4.69) is 0 Å². The summed E-state index contributed by atoms with van der Waals surface area (Å²) in [6.07, 6.45) is 0.728. The lowest BCUT2D eigenvalue weighted by Gasteiger charge is -2.06. The fourth-order valence-corrected chi connectivity index (χ4v) is 1.50. The fraction of sp³-hybridized carbons (Fsp3) is 0.0714. The zero-order chi connectivity index (χ0) is 13.0. The van der Waals surface area contributed by atoms with E-state index < -0.39 is 11.6 Å². The molecular weight excluding hydrogens is 238 g/mol. The molecule has 2 aromatic carbocycles. The second-order valence-corrected chi connectivity index (χ2v) is 3.75. The van der Waals surface area contributed by atoms with Crippen molar-refractivity contribution in [2.45, 2.75) is 6.61 Å². The van der Waals surface area contributed by atoms with Crippen LogP contribution in [-0.2, 0) is 6.61 Å². The van der Waals surface area contributed by atoms with Crippen LogP contribution in [0.5, 0.6) is 5.75 Å². The zero-order valence-corrected chi connectivity index (χ0v) is 9.40. The van der Waals surface area contributed by atoms with Gasteiger partial charge in [-0.1, -0.05) is 0 Å². The second-order valence-electron chi connectivity index (χ2n) is 3.75. The highest BCUT2D eigenvalue weighted by Crippen LogP contribution is 2.14. The van der Waals surface area contributed by atoms with Gasteiger partial charge in [-0.15, -0.1) is 0 Å². The molecule has 0 aliphatic heterocycles. The first-order valence-electron chi connectivity index (χ1n) is 5.30. The Morgan fingerprint density at radius 2 is 1.61 bits per heavy atom. The van der Waals surface area contributed by atoms with Crippen LogP contribution in [0.25, 0.3) is 0 Å². The van der Waals surface area contributed by atoms with Gasteiger partial charge in [-0.25, -0.2) is 8.78 Å². The van der Waals surface area contributed by atoms with Crippen LogP contribution in [0.3, 0.4) is 0 Å². The van der Waals surface area contributed by atoms with Crippen LogP contribution in [0.4, 0.5) is 8.78 Å². The van der Waals surface area contributed by atoms with E-state index in [1.807, 2.05) is 0 Å². The van der Waals surface area contributed by atoms with Crippen LogP contribution < -0.4 is 4.74 Å². The summed E-state index contributed by atoms with van der Waals surface area (Å²) in [5.74, 6) is -0.736. The van der Waals surface area contributed by atoms with Crippen LogP contribution in [0.2, 0.25) is 0 Å². The molecule has 92 valence electrons. The molecule has 18 heavy (non-hydrogen) atoms. The van der Waals surface area contributed by atoms with Crippen LogP contribution in [0, 0.1) is 11.6 Å². The van der Waals surface area contributed by atoms with E-state index in [-0.39, 0.29) is 6.61 Å². The van der Waals surface area contributed by atoms with Gasteiger partial charge in [0.1, 0.15) is 30.3 Å². The molecule has 0 unspecified atom stereocenters. The van der Waals surface area contributed by atoms with Gasteiger partial charge in [0.05, 0.1) is 0 Å². The van der Waals surface area contributed by atoms with E-state index >= 15 is 0 Å². The Bertz CT molecular complexity index is 530. The Balaban J connectivity index is 2.03. The van der Waals surface area contributed by atoms with Crippen LogP contribution in [0.1, 0.15) is 15.9 Å². The maximum Gasteiger partial charge on any atom is 0.150 e.